The van der Waals surface area contributed by atoms with Crippen LogP contribution in [0.4, 0.5) is 21.0 Å². The predicted molar refractivity (Wildman–Crippen MR) is 135 cm³/mol. The molecule has 2 fully saturated rings. The summed E-state index contributed by atoms with van der Waals surface area (Å²) in [5.74, 6) is 0.746. The van der Waals surface area contributed by atoms with E-state index in [-0.39, 0.29) is 12.1 Å². The molecule has 3 aromatic carbocycles. The molecule has 3 aromatic rings. The first kappa shape index (κ1) is 22.0. The van der Waals surface area contributed by atoms with Crippen molar-refractivity contribution in [3.63, 3.8) is 0 Å². The molecule has 0 saturated carbocycles. The van der Waals surface area contributed by atoms with Crippen LogP contribution >= 0.6 is 0 Å². The summed E-state index contributed by atoms with van der Waals surface area (Å²) in [6, 6.07) is 27.8. The minimum atomic E-state index is -0.104. The van der Waals surface area contributed by atoms with E-state index in [9.17, 15) is 9.59 Å². The van der Waals surface area contributed by atoms with E-state index in [1.807, 2.05) is 70.5 Å². The second-order valence-corrected chi connectivity index (χ2v) is 9.13. The standard InChI is InChI=1S/C28H30N4O2/c33-27(31-16-14-23(19-31)21-8-3-1-4-9-21)29-25-12-7-13-26(18-25)30-28(34)32-17-15-24(20-32)22-10-5-2-6-11-22/h1-13,18,23-24H,14-17,19-20H2,(H,29,33)(H,30,34). The fourth-order valence-electron chi connectivity index (χ4n) is 4.96. The summed E-state index contributed by atoms with van der Waals surface area (Å²) in [7, 11) is 0. The first-order chi connectivity index (χ1) is 16.7. The van der Waals surface area contributed by atoms with Crippen LogP contribution in [0.2, 0.25) is 0 Å². The molecule has 6 nitrogen and oxygen atoms in total. The van der Waals surface area contributed by atoms with Gasteiger partial charge >= 0.3 is 12.1 Å². The minimum absolute atomic E-state index is 0.104. The van der Waals surface area contributed by atoms with Crippen molar-refractivity contribution in [2.24, 2.45) is 0 Å². The largest absolute Gasteiger partial charge is 0.324 e. The molecular weight excluding hydrogens is 424 g/mol. The van der Waals surface area contributed by atoms with Crippen molar-refractivity contribution in [2.75, 3.05) is 36.8 Å². The first-order valence-electron chi connectivity index (χ1n) is 12.0. The number of hydrogen-bond acceptors (Lipinski definition) is 2. The van der Waals surface area contributed by atoms with Crippen molar-refractivity contribution >= 4 is 23.4 Å². The normalized spacial score (nSPS) is 19.8. The van der Waals surface area contributed by atoms with Gasteiger partial charge in [-0.1, -0.05) is 66.7 Å². The second kappa shape index (κ2) is 10.00. The Kier molecular flexibility index (Phi) is 6.47. The molecule has 5 rings (SSSR count). The number of carbonyl (C=O) groups excluding carboxylic acids is 2. The number of nitrogens with zero attached hydrogens (tertiary/aromatic N) is 2. The molecule has 2 N–H and O–H groups in total. The topological polar surface area (TPSA) is 64.7 Å². The summed E-state index contributed by atoms with van der Waals surface area (Å²) in [6.45, 7) is 2.90. The van der Waals surface area contributed by atoms with Gasteiger partial charge in [0.2, 0.25) is 0 Å². The van der Waals surface area contributed by atoms with Crippen molar-refractivity contribution in [2.45, 2.75) is 24.7 Å². The highest BCUT2D eigenvalue weighted by molar-refractivity contribution is 5.93. The Morgan fingerprint density at radius 1 is 0.618 bits per heavy atom. The van der Waals surface area contributed by atoms with Crippen molar-refractivity contribution in [3.05, 3.63) is 96.1 Å². The number of amides is 4. The lowest BCUT2D eigenvalue weighted by atomic mass is 9.99. The van der Waals surface area contributed by atoms with E-state index in [1.54, 1.807) is 0 Å². The number of anilines is 2. The summed E-state index contributed by atoms with van der Waals surface area (Å²) in [5, 5.41) is 5.98. The maximum Gasteiger partial charge on any atom is 0.321 e. The van der Waals surface area contributed by atoms with Crippen LogP contribution in [-0.4, -0.2) is 48.0 Å². The van der Waals surface area contributed by atoms with Crippen molar-refractivity contribution in [3.8, 4) is 0 Å². The van der Waals surface area contributed by atoms with Crippen molar-refractivity contribution < 1.29 is 9.59 Å². The Balaban J connectivity index is 1.15. The third kappa shape index (κ3) is 5.06. The smallest absolute Gasteiger partial charge is 0.321 e. The number of carbonyl (C=O) groups is 2. The lowest BCUT2D eigenvalue weighted by Crippen LogP contribution is -2.33. The van der Waals surface area contributed by atoms with Crippen molar-refractivity contribution in [1.29, 1.82) is 0 Å². The zero-order chi connectivity index (χ0) is 23.3. The Hall–Kier alpha value is -3.80. The molecule has 4 amide bonds. The Morgan fingerprint density at radius 3 is 1.50 bits per heavy atom. The molecule has 0 bridgehead atoms. The van der Waals surface area contributed by atoms with E-state index < -0.39 is 0 Å². The number of rotatable bonds is 4. The molecule has 2 aliphatic rings. The average Bonchev–Trinajstić information content (AvgIpc) is 3.56. The van der Waals surface area contributed by atoms with Gasteiger partial charge in [0.1, 0.15) is 0 Å². The Bertz CT molecular complexity index is 1050. The van der Waals surface area contributed by atoms with Gasteiger partial charge in [0.15, 0.2) is 0 Å². The zero-order valence-electron chi connectivity index (χ0n) is 19.2. The molecule has 2 atom stereocenters. The van der Waals surface area contributed by atoms with Crippen LogP contribution in [0.3, 0.4) is 0 Å². The molecule has 174 valence electrons. The van der Waals surface area contributed by atoms with E-state index in [1.165, 1.54) is 11.1 Å². The van der Waals surface area contributed by atoms with E-state index >= 15 is 0 Å². The molecule has 2 aliphatic heterocycles. The Morgan fingerprint density at radius 2 is 1.06 bits per heavy atom. The monoisotopic (exact) mass is 454 g/mol. The van der Waals surface area contributed by atoms with Gasteiger partial charge in [-0.3, -0.25) is 0 Å². The highest BCUT2D eigenvalue weighted by atomic mass is 16.2. The average molecular weight is 455 g/mol. The number of benzene rings is 3. The van der Waals surface area contributed by atoms with Crippen LogP contribution in [0.5, 0.6) is 0 Å². The van der Waals surface area contributed by atoms with E-state index in [0.29, 0.717) is 36.3 Å². The quantitative estimate of drug-likeness (QED) is 0.529. The molecule has 0 spiro atoms. The van der Waals surface area contributed by atoms with Crippen LogP contribution in [0.25, 0.3) is 0 Å². The first-order valence-corrected chi connectivity index (χ1v) is 12.0. The van der Waals surface area contributed by atoms with Gasteiger partial charge in [0.05, 0.1) is 0 Å². The summed E-state index contributed by atoms with van der Waals surface area (Å²) in [6.07, 6.45) is 1.93. The summed E-state index contributed by atoms with van der Waals surface area (Å²) in [5.41, 5.74) is 3.90. The van der Waals surface area contributed by atoms with E-state index in [0.717, 1.165) is 25.9 Å². The SMILES string of the molecule is O=C(Nc1cccc(NC(=O)N2CCC(c3ccccc3)C2)c1)N1CCC(c2ccccc2)C1. The lowest BCUT2D eigenvalue weighted by molar-refractivity contribution is 0.221. The molecule has 2 unspecified atom stereocenters. The van der Waals surface area contributed by atoms with Crippen LogP contribution in [0, 0.1) is 0 Å². The summed E-state index contributed by atoms with van der Waals surface area (Å²) in [4.78, 5) is 29.4. The molecule has 0 radical (unpaired) electrons. The van der Waals surface area contributed by atoms with Gasteiger partial charge < -0.3 is 20.4 Å². The third-order valence-corrected chi connectivity index (χ3v) is 6.86. The maximum atomic E-state index is 12.8. The van der Waals surface area contributed by atoms with Gasteiger partial charge in [-0.2, -0.15) is 0 Å². The number of likely N-dealkylation sites (tertiary alicyclic amines) is 2. The highest BCUT2D eigenvalue weighted by Gasteiger charge is 2.28. The zero-order valence-corrected chi connectivity index (χ0v) is 19.2. The molecule has 34 heavy (non-hydrogen) atoms. The van der Waals surface area contributed by atoms with Gasteiger partial charge in [0.25, 0.3) is 0 Å². The van der Waals surface area contributed by atoms with Crippen LogP contribution < -0.4 is 10.6 Å². The van der Waals surface area contributed by atoms with Gasteiger partial charge in [-0.05, 0) is 42.2 Å². The molecule has 0 aromatic heterocycles. The molecule has 2 heterocycles. The second-order valence-electron chi connectivity index (χ2n) is 9.13. The van der Waals surface area contributed by atoms with Gasteiger partial charge in [-0.15, -0.1) is 0 Å². The van der Waals surface area contributed by atoms with Crippen LogP contribution in [-0.2, 0) is 0 Å². The van der Waals surface area contributed by atoms with Gasteiger partial charge in [-0.25, -0.2) is 9.59 Å². The fraction of sp³-hybridized carbons (Fsp3) is 0.286. The summed E-state index contributed by atoms with van der Waals surface area (Å²) < 4.78 is 0. The lowest BCUT2D eigenvalue weighted by Gasteiger charge is -2.19. The predicted octanol–water partition coefficient (Wildman–Crippen LogP) is 5.73. The highest BCUT2D eigenvalue weighted by Crippen LogP contribution is 2.29. The van der Waals surface area contributed by atoms with Crippen LogP contribution in [0.1, 0.15) is 35.8 Å². The molecular formula is C28H30N4O2. The van der Waals surface area contributed by atoms with Crippen LogP contribution in [0.15, 0.2) is 84.9 Å². The number of nitrogens with one attached hydrogen (secondary N) is 2. The Labute approximate surface area is 200 Å². The molecule has 0 aliphatic carbocycles. The van der Waals surface area contributed by atoms with Crippen molar-refractivity contribution in [1.82, 2.24) is 9.80 Å². The number of hydrogen-bond donors (Lipinski definition) is 2. The fourth-order valence-corrected chi connectivity index (χ4v) is 4.96. The van der Waals surface area contributed by atoms with E-state index in [4.69, 9.17) is 0 Å². The minimum Gasteiger partial charge on any atom is -0.324 e. The maximum absolute atomic E-state index is 12.8. The number of urea groups is 2. The molecule has 6 heteroatoms. The molecule has 2 saturated heterocycles. The summed E-state index contributed by atoms with van der Waals surface area (Å²) >= 11 is 0. The van der Waals surface area contributed by atoms with Gasteiger partial charge in [0, 0.05) is 49.4 Å². The third-order valence-electron chi connectivity index (χ3n) is 6.86. The van der Waals surface area contributed by atoms with E-state index in [2.05, 4.69) is 34.9 Å².